The molecule has 1 aromatic rings. The van der Waals surface area contributed by atoms with E-state index in [9.17, 15) is 9.59 Å². The molecule has 2 rings (SSSR count). The van der Waals surface area contributed by atoms with E-state index in [1.807, 2.05) is 32.0 Å². The van der Waals surface area contributed by atoms with Gasteiger partial charge >= 0.3 is 5.97 Å². The standard InChI is InChI=1S/C20H30ClN3O3/c1-4-15(2)19(20(26)27-3)22-18(25)14-24-10-8-23(9-11-24)13-16-6-5-7-17(21)12-16/h5-7,12,15,19H,4,8-11,13-14H2,1-3H3,(H,22,25). The van der Waals surface area contributed by atoms with Crippen LogP contribution in [0.25, 0.3) is 0 Å². The molecule has 2 atom stereocenters. The second-order valence-corrected chi connectivity index (χ2v) is 7.57. The summed E-state index contributed by atoms with van der Waals surface area (Å²) >= 11 is 6.05. The highest BCUT2D eigenvalue weighted by atomic mass is 35.5. The average Bonchev–Trinajstić information content (AvgIpc) is 2.66. The summed E-state index contributed by atoms with van der Waals surface area (Å²) in [6, 6.07) is 7.32. The first kappa shape index (κ1) is 21.7. The largest absolute Gasteiger partial charge is 0.467 e. The molecule has 0 saturated carbocycles. The molecule has 1 fully saturated rings. The number of piperazine rings is 1. The van der Waals surface area contributed by atoms with Crippen molar-refractivity contribution < 1.29 is 14.3 Å². The molecule has 150 valence electrons. The number of methoxy groups -OCH3 is 1. The summed E-state index contributed by atoms with van der Waals surface area (Å²) in [4.78, 5) is 28.8. The van der Waals surface area contributed by atoms with Gasteiger partial charge in [-0.05, 0) is 23.6 Å². The molecule has 0 aliphatic carbocycles. The van der Waals surface area contributed by atoms with Gasteiger partial charge < -0.3 is 10.1 Å². The molecule has 7 heteroatoms. The average molecular weight is 396 g/mol. The number of hydrogen-bond acceptors (Lipinski definition) is 5. The van der Waals surface area contributed by atoms with E-state index in [0.717, 1.165) is 44.2 Å². The van der Waals surface area contributed by atoms with E-state index in [2.05, 4.69) is 21.2 Å². The Labute approximate surface area is 166 Å². The SMILES string of the molecule is CCC(C)C(NC(=O)CN1CCN(Cc2cccc(Cl)c2)CC1)C(=O)OC. The van der Waals surface area contributed by atoms with Crippen LogP contribution in [0.5, 0.6) is 0 Å². The number of halogens is 1. The summed E-state index contributed by atoms with van der Waals surface area (Å²) in [7, 11) is 1.35. The molecule has 1 N–H and O–H groups in total. The van der Waals surface area contributed by atoms with Crippen LogP contribution in [-0.4, -0.2) is 67.6 Å². The monoisotopic (exact) mass is 395 g/mol. The van der Waals surface area contributed by atoms with Gasteiger partial charge in [0, 0.05) is 37.7 Å². The lowest BCUT2D eigenvalue weighted by Crippen LogP contribution is -2.52. The van der Waals surface area contributed by atoms with Crippen molar-refractivity contribution in [2.75, 3.05) is 39.8 Å². The van der Waals surface area contributed by atoms with Crippen LogP contribution in [0, 0.1) is 5.92 Å². The molecule has 1 saturated heterocycles. The number of nitrogens with zero attached hydrogens (tertiary/aromatic N) is 2. The number of rotatable bonds is 8. The number of nitrogens with one attached hydrogen (secondary N) is 1. The summed E-state index contributed by atoms with van der Waals surface area (Å²) < 4.78 is 4.82. The van der Waals surface area contributed by atoms with Crippen molar-refractivity contribution in [3.05, 3.63) is 34.9 Å². The molecular weight excluding hydrogens is 366 g/mol. The lowest BCUT2D eigenvalue weighted by atomic mass is 9.99. The van der Waals surface area contributed by atoms with Gasteiger partial charge in [-0.15, -0.1) is 0 Å². The van der Waals surface area contributed by atoms with Gasteiger partial charge in [-0.25, -0.2) is 4.79 Å². The molecule has 0 aromatic heterocycles. The third kappa shape index (κ3) is 6.79. The number of benzene rings is 1. The smallest absolute Gasteiger partial charge is 0.328 e. The van der Waals surface area contributed by atoms with Crippen molar-refractivity contribution >= 4 is 23.5 Å². The fraction of sp³-hybridized carbons (Fsp3) is 0.600. The second-order valence-electron chi connectivity index (χ2n) is 7.14. The minimum absolute atomic E-state index is 0.0379. The molecule has 1 aliphatic heterocycles. The molecule has 1 heterocycles. The van der Waals surface area contributed by atoms with Gasteiger partial charge in [0.25, 0.3) is 0 Å². The van der Waals surface area contributed by atoms with E-state index in [1.54, 1.807) is 0 Å². The molecule has 2 unspecified atom stereocenters. The molecule has 0 bridgehead atoms. The van der Waals surface area contributed by atoms with Gasteiger partial charge in [-0.3, -0.25) is 14.6 Å². The number of esters is 1. The highest BCUT2D eigenvalue weighted by molar-refractivity contribution is 6.30. The van der Waals surface area contributed by atoms with Gasteiger partial charge in [0.15, 0.2) is 0 Å². The van der Waals surface area contributed by atoms with Gasteiger partial charge in [0.1, 0.15) is 6.04 Å². The lowest BCUT2D eigenvalue weighted by molar-refractivity contribution is -0.146. The summed E-state index contributed by atoms with van der Waals surface area (Å²) in [6.45, 7) is 8.52. The van der Waals surface area contributed by atoms with Crippen LogP contribution in [0.3, 0.4) is 0 Å². The van der Waals surface area contributed by atoms with Crippen molar-refractivity contribution in [1.82, 2.24) is 15.1 Å². The number of carbonyl (C=O) groups excluding carboxylic acids is 2. The van der Waals surface area contributed by atoms with Gasteiger partial charge in [0.05, 0.1) is 13.7 Å². The first-order chi connectivity index (χ1) is 12.9. The van der Waals surface area contributed by atoms with Crippen LogP contribution in [0.15, 0.2) is 24.3 Å². The summed E-state index contributed by atoms with van der Waals surface area (Å²) in [5.41, 5.74) is 1.20. The third-order valence-corrected chi connectivity index (χ3v) is 5.35. The van der Waals surface area contributed by atoms with Crippen LogP contribution in [0.4, 0.5) is 0 Å². The maximum Gasteiger partial charge on any atom is 0.328 e. The molecule has 1 amide bonds. The number of amides is 1. The predicted molar refractivity (Wildman–Crippen MR) is 107 cm³/mol. The van der Waals surface area contributed by atoms with Gasteiger partial charge in [-0.2, -0.15) is 0 Å². The quantitative estimate of drug-likeness (QED) is 0.683. The van der Waals surface area contributed by atoms with Crippen molar-refractivity contribution in [1.29, 1.82) is 0 Å². The molecule has 0 radical (unpaired) electrons. The van der Waals surface area contributed by atoms with E-state index in [1.165, 1.54) is 12.7 Å². The van der Waals surface area contributed by atoms with Crippen LogP contribution in [-0.2, 0) is 20.9 Å². The lowest BCUT2D eigenvalue weighted by Gasteiger charge is -2.34. The molecular formula is C20H30ClN3O3. The van der Waals surface area contributed by atoms with Crippen molar-refractivity contribution in [2.24, 2.45) is 5.92 Å². The Morgan fingerprint density at radius 1 is 1.22 bits per heavy atom. The maximum absolute atomic E-state index is 12.4. The zero-order valence-electron chi connectivity index (χ0n) is 16.4. The summed E-state index contributed by atoms with van der Waals surface area (Å²) in [5.74, 6) is -0.478. The Kier molecular flexibility index (Phi) is 8.54. The predicted octanol–water partition coefficient (Wildman–Crippen LogP) is 2.16. The number of carbonyl (C=O) groups is 2. The third-order valence-electron chi connectivity index (χ3n) is 5.11. The highest BCUT2D eigenvalue weighted by Gasteiger charge is 2.27. The first-order valence-electron chi connectivity index (χ1n) is 9.49. The fourth-order valence-corrected chi connectivity index (χ4v) is 3.43. The van der Waals surface area contributed by atoms with E-state index >= 15 is 0 Å². The molecule has 1 aromatic carbocycles. The van der Waals surface area contributed by atoms with Gasteiger partial charge in [-0.1, -0.05) is 44.0 Å². The Morgan fingerprint density at radius 2 is 1.89 bits per heavy atom. The van der Waals surface area contributed by atoms with Crippen LogP contribution in [0.2, 0.25) is 5.02 Å². The number of ether oxygens (including phenoxy) is 1. The van der Waals surface area contributed by atoms with Crippen LogP contribution < -0.4 is 5.32 Å². The van der Waals surface area contributed by atoms with Crippen LogP contribution >= 0.6 is 11.6 Å². The van der Waals surface area contributed by atoms with Crippen molar-refractivity contribution in [2.45, 2.75) is 32.9 Å². The van der Waals surface area contributed by atoms with E-state index < -0.39 is 6.04 Å². The Morgan fingerprint density at radius 3 is 2.48 bits per heavy atom. The Bertz CT molecular complexity index is 633. The second kappa shape index (κ2) is 10.6. The topological polar surface area (TPSA) is 61.9 Å². The zero-order valence-corrected chi connectivity index (χ0v) is 17.2. The van der Waals surface area contributed by atoms with E-state index in [4.69, 9.17) is 16.3 Å². The number of hydrogen-bond donors (Lipinski definition) is 1. The minimum atomic E-state index is -0.586. The Hall–Kier alpha value is -1.63. The Balaban J connectivity index is 1.78. The normalized spacial score (nSPS) is 17.9. The first-order valence-corrected chi connectivity index (χ1v) is 9.87. The van der Waals surface area contributed by atoms with E-state index in [-0.39, 0.29) is 17.8 Å². The molecule has 6 nitrogen and oxygen atoms in total. The maximum atomic E-state index is 12.4. The van der Waals surface area contributed by atoms with Crippen LogP contribution in [0.1, 0.15) is 25.8 Å². The summed E-state index contributed by atoms with van der Waals surface area (Å²) in [5, 5.41) is 3.59. The van der Waals surface area contributed by atoms with Crippen molar-refractivity contribution in [3.8, 4) is 0 Å². The van der Waals surface area contributed by atoms with Gasteiger partial charge in [0.2, 0.25) is 5.91 Å². The van der Waals surface area contributed by atoms with Crippen molar-refractivity contribution in [3.63, 3.8) is 0 Å². The molecule has 1 aliphatic rings. The molecule has 27 heavy (non-hydrogen) atoms. The minimum Gasteiger partial charge on any atom is -0.467 e. The zero-order chi connectivity index (χ0) is 19.8. The fourth-order valence-electron chi connectivity index (χ4n) is 3.22. The summed E-state index contributed by atoms with van der Waals surface area (Å²) in [6.07, 6.45) is 0.794. The highest BCUT2D eigenvalue weighted by Crippen LogP contribution is 2.14. The van der Waals surface area contributed by atoms with E-state index in [0.29, 0.717) is 6.54 Å². The molecule has 0 spiro atoms.